The van der Waals surface area contributed by atoms with Crippen molar-refractivity contribution in [1.29, 1.82) is 0 Å². The van der Waals surface area contributed by atoms with Gasteiger partial charge in [0.25, 0.3) is 0 Å². The van der Waals surface area contributed by atoms with Gasteiger partial charge in [-0.2, -0.15) is 0 Å². The second-order valence-electron chi connectivity index (χ2n) is 7.44. The van der Waals surface area contributed by atoms with E-state index in [0.717, 1.165) is 25.2 Å². The number of nitrogens with zero attached hydrogens (tertiary/aromatic N) is 2. The second-order valence-corrected chi connectivity index (χ2v) is 8.55. The van der Waals surface area contributed by atoms with Gasteiger partial charge >= 0.3 is 0 Å². The van der Waals surface area contributed by atoms with E-state index in [-0.39, 0.29) is 17.2 Å². The van der Waals surface area contributed by atoms with Crippen LogP contribution in [0.25, 0.3) is 0 Å². The third-order valence-electron chi connectivity index (χ3n) is 5.54. The lowest BCUT2D eigenvalue weighted by molar-refractivity contribution is -0.138. The highest BCUT2D eigenvalue weighted by Gasteiger charge is 2.41. The van der Waals surface area contributed by atoms with E-state index in [0.29, 0.717) is 23.8 Å². The van der Waals surface area contributed by atoms with Crippen molar-refractivity contribution in [3.05, 3.63) is 23.8 Å². The summed E-state index contributed by atoms with van der Waals surface area (Å²) >= 11 is 1.60. The SMILES string of the molecule is COc1ccc([C@@H]2SC[C@@H](C(=O)NCCN3CCCCC3)N2C(C)=O)cc1OC. The lowest BCUT2D eigenvalue weighted by atomic mass is 10.1. The minimum atomic E-state index is -0.461. The summed E-state index contributed by atoms with van der Waals surface area (Å²) in [6.45, 7) is 5.22. The van der Waals surface area contributed by atoms with Crippen LogP contribution in [-0.4, -0.2) is 73.8 Å². The molecule has 2 aliphatic rings. The molecule has 0 radical (unpaired) electrons. The summed E-state index contributed by atoms with van der Waals surface area (Å²) in [5.74, 6) is 1.65. The molecule has 0 unspecified atom stereocenters. The zero-order valence-electron chi connectivity index (χ0n) is 17.5. The van der Waals surface area contributed by atoms with Gasteiger partial charge in [0, 0.05) is 25.8 Å². The van der Waals surface area contributed by atoms with Gasteiger partial charge in [-0.1, -0.05) is 12.5 Å². The summed E-state index contributed by atoms with van der Waals surface area (Å²) in [6, 6.07) is 5.17. The molecule has 1 N–H and O–H groups in total. The fourth-order valence-corrected chi connectivity index (χ4v) is 5.47. The molecule has 2 heterocycles. The van der Waals surface area contributed by atoms with Crippen molar-refractivity contribution >= 4 is 23.6 Å². The molecule has 1 aromatic carbocycles. The molecule has 3 rings (SSSR count). The standard InChI is InChI=1S/C21H31N3O4S/c1-15(25)24-17(20(26)22-9-12-23-10-5-4-6-11-23)14-29-21(24)16-7-8-18(27-2)19(13-16)28-3/h7-8,13,17,21H,4-6,9-12,14H2,1-3H3,(H,22,26)/t17-,21-/m0/s1. The minimum absolute atomic E-state index is 0.0762. The molecule has 8 heteroatoms. The Hall–Kier alpha value is -1.93. The van der Waals surface area contributed by atoms with Crippen molar-refractivity contribution in [2.24, 2.45) is 0 Å². The maximum atomic E-state index is 12.8. The average molecular weight is 422 g/mol. The normalized spacial score (nSPS) is 22.4. The van der Waals surface area contributed by atoms with Crippen LogP contribution in [0.15, 0.2) is 18.2 Å². The van der Waals surface area contributed by atoms with Crippen LogP contribution in [-0.2, 0) is 9.59 Å². The van der Waals surface area contributed by atoms with Crippen molar-refractivity contribution in [3.8, 4) is 11.5 Å². The Balaban J connectivity index is 1.64. The predicted molar refractivity (Wildman–Crippen MR) is 114 cm³/mol. The smallest absolute Gasteiger partial charge is 0.243 e. The van der Waals surface area contributed by atoms with Gasteiger partial charge in [-0.05, 0) is 43.6 Å². The Bertz CT molecular complexity index is 724. The molecule has 0 spiro atoms. The molecule has 2 aliphatic heterocycles. The highest BCUT2D eigenvalue weighted by atomic mass is 32.2. The van der Waals surface area contributed by atoms with Crippen LogP contribution < -0.4 is 14.8 Å². The first kappa shape index (κ1) is 21.8. The van der Waals surface area contributed by atoms with Crippen molar-refractivity contribution in [2.45, 2.75) is 37.6 Å². The molecular weight excluding hydrogens is 390 g/mol. The molecule has 2 fully saturated rings. The molecule has 0 aromatic heterocycles. The van der Waals surface area contributed by atoms with E-state index < -0.39 is 6.04 Å². The second kappa shape index (κ2) is 10.2. The Kier molecular flexibility index (Phi) is 7.66. The minimum Gasteiger partial charge on any atom is -0.493 e. The number of amides is 2. The average Bonchev–Trinajstić information content (AvgIpc) is 3.19. The maximum absolute atomic E-state index is 12.8. The number of hydrogen-bond acceptors (Lipinski definition) is 6. The number of carbonyl (C=O) groups excluding carboxylic acids is 2. The van der Waals surface area contributed by atoms with E-state index in [1.807, 2.05) is 18.2 Å². The van der Waals surface area contributed by atoms with Crippen LogP contribution in [0.4, 0.5) is 0 Å². The number of ether oxygens (including phenoxy) is 2. The van der Waals surface area contributed by atoms with Crippen molar-refractivity contribution < 1.29 is 19.1 Å². The first-order valence-electron chi connectivity index (χ1n) is 10.2. The lowest BCUT2D eigenvalue weighted by Crippen LogP contribution is -2.48. The van der Waals surface area contributed by atoms with Gasteiger partial charge < -0.3 is 24.6 Å². The first-order chi connectivity index (χ1) is 14.0. The van der Waals surface area contributed by atoms with Crippen molar-refractivity contribution in [3.63, 3.8) is 0 Å². The number of likely N-dealkylation sites (tertiary alicyclic amines) is 1. The van der Waals surface area contributed by atoms with E-state index in [4.69, 9.17) is 9.47 Å². The Labute approximate surface area is 177 Å². The molecule has 0 saturated carbocycles. The summed E-state index contributed by atoms with van der Waals surface area (Å²) < 4.78 is 10.7. The van der Waals surface area contributed by atoms with Crippen molar-refractivity contribution in [1.82, 2.24) is 15.1 Å². The summed E-state index contributed by atoms with van der Waals surface area (Å²) in [7, 11) is 3.18. The Morgan fingerprint density at radius 1 is 1.14 bits per heavy atom. The summed E-state index contributed by atoms with van der Waals surface area (Å²) in [5, 5.41) is 2.82. The fraction of sp³-hybridized carbons (Fsp3) is 0.619. The molecule has 160 valence electrons. The molecule has 7 nitrogen and oxygen atoms in total. The predicted octanol–water partition coefficient (Wildman–Crippen LogP) is 2.27. The molecular formula is C21H31N3O4S. The summed E-state index contributed by atoms with van der Waals surface area (Å²) in [5.41, 5.74) is 0.923. The van der Waals surface area contributed by atoms with Crippen LogP contribution in [0.3, 0.4) is 0 Å². The summed E-state index contributed by atoms with van der Waals surface area (Å²) in [4.78, 5) is 29.3. The first-order valence-corrected chi connectivity index (χ1v) is 11.2. The van der Waals surface area contributed by atoms with Crippen LogP contribution in [0, 0.1) is 0 Å². The van der Waals surface area contributed by atoms with E-state index in [1.54, 1.807) is 30.9 Å². The van der Waals surface area contributed by atoms with Crippen LogP contribution in [0.2, 0.25) is 0 Å². The highest BCUT2D eigenvalue weighted by molar-refractivity contribution is 7.99. The summed E-state index contributed by atoms with van der Waals surface area (Å²) in [6.07, 6.45) is 3.77. The van der Waals surface area contributed by atoms with Crippen LogP contribution >= 0.6 is 11.8 Å². The number of rotatable bonds is 7. The molecule has 0 bridgehead atoms. The molecule has 2 saturated heterocycles. The third-order valence-corrected chi connectivity index (χ3v) is 6.86. The number of nitrogens with one attached hydrogen (secondary N) is 1. The van der Waals surface area contributed by atoms with E-state index in [2.05, 4.69) is 10.2 Å². The molecule has 29 heavy (non-hydrogen) atoms. The van der Waals surface area contributed by atoms with Crippen LogP contribution in [0.1, 0.15) is 37.1 Å². The third kappa shape index (κ3) is 5.17. The van der Waals surface area contributed by atoms with Gasteiger partial charge in [-0.3, -0.25) is 9.59 Å². The molecule has 0 aliphatic carbocycles. The zero-order chi connectivity index (χ0) is 20.8. The van der Waals surface area contributed by atoms with E-state index in [9.17, 15) is 9.59 Å². The largest absolute Gasteiger partial charge is 0.493 e. The number of piperidine rings is 1. The number of hydrogen-bond donors (Lipinski definition) is 1. The zero-order valence-corrected chi connectivity index (χ0v) is 18.3. The highest BCUT2D eigenvalue weighted by Crippen LogP contribution is 2.43. The lowest BCUT2D eigenvalue weighted by Gasteiger charge is -2.29. The van der Waals surface area contributed by atoms with Gasteiger partial charge in [0.2, 0.25) is 11.8 Å². The molecule has 2 amide bonds. The van der Waals surface area contributed by atoms with Gasteiger partial charge in [0.15, 0.2) is 11.5 Å². The maximum Gasteiger partial charge on any atom is 0.243 e. The molecule has 2 atom stereocenters. The number of benzene rings is 1. The number of methoxy groups -OCH3 is 2. The fourth-order valence-electron chi connectivity index (χ4n) is 3.99. The number of thioether (sulfide) groups is 1. The van der Waals surface area contributed by atoms with Gasteiger partial charge in [-0.25, -0.2) is 0 Å². The topological polar surface area (TPSA) is 71.1 Å². The van der Waals surface area contributed by atoms with Gasteiger partial charge in [0.1, 0.15) is 11.4 Å². The quantitative estimate of drug-likeness (QED) is 0.728. The van der Waals surface area contributed by atoms with E-state index >= 15 is 0 Å². The van der Waals surface area contributed by atoms with Gasteiger partial charge in [0.05, 0.1) is 14.2 Å². The van der Waals surface area contributed by atoms with Crippen molar-refractivity contribution in [2.75, 3.05) is 46.2 Å². The Morgan fingerprint density at radius 2 is 1.86 bits per heavy atom. The van der Waals surface area contributed by atoms with Crippen LogP contribution in [0.5, 0.6) is 11.5 Å². The van der Waals surface area contributed by atoms with Gasteiger partial charge in [-0.15, -0.1) is 11.8 Å². The molecule has 1 aromatic rings. The monoisotopic (exact) mass is 421 g/mol. The van der Waals surface area contributed by atoms with E-state index in [1.165, 1.54) is 26.2 Å². The Morgan fingerprint density at radius 3 is 2.52 bits per heavy atom. The number of carbonyl (C=O) groups is 2.